The molecule has 0 aliphatic carbocycles. The Morgan fingerprint density at radius 3 is 2.46 bits per heavy atom. The molecule has 3 rings (SSSR count). The van der Waals surface area contributed by atoms with Crippen molar-refractivity contribution in [2.45, 2.75) is 12.5 Å². The highest BCUT2D eigenvalue weighted by molar-refractivity contribution is 7.10. The fourth-order valence-corrected chi connectivity index (χ4v) is 4.84. The Hall–Kier alpha value is -1.11. The number of thiophene rings is 1. The van der Waals surface area contributed by atoms with Crippen LogP contribution in [0.3, 0.4) is 0 Å². The molecule has 1 atom stereocenters. The number of hydrogen-bond acceptors (Lipinski definition) is 2. The molecule has 1 aromatic carbocycles. The lowest BCUT2D eigenvalue weighted by Crippen LogP contribution is -3.27. The smallest absolute Gasteiger partial charge is 0.224 e. The van der Waals surface area contributed by atoms with Crippen LogP contribution in [0.1, 0.15) is 16.5 Å². The molecule has 0 spiro atoms. The number of carbonyl (C=O) groups is 1. The molecule has 2 heterocycles. The number of amides is 1. The summed E-state index contributed by atoms with van der Waals surface area (Å²) in [5.41, 5.74) is 0.691. The summed E-state index contributed by atoms with van der Waals surface area (Å²) in [5, 5.41) is 6.29. The van der Waals surface area contributed by atoms with Gasteiger partial charge in [-0.25, -0.2) is 0 Å². The summed E-state index contributed by atoms with van der Waals surface area (Å²) in [4.78, 5) is 16.9. The number of benzene rings is 1. The van der Waals surface area contributed by atoms with Gasteiger partial charge in [0.25, 0.3) is 0 Å². The molecular formula is C19H25Cl2N3OS+2. The number of quaternary nitrogens is 2. The lowest BCUT2D eigenvalue weighted by atomic mass is 10.1. The van der Waals surface area contributed by atoms with E-state index < -0.39 is 0 Å². The van der Waals surface area contributed by atoms with Gasteiger partial charge < -0.3 is 15.1 Å². The molecule has 26 heavy (non-hydrogen) atoms. The first-order valence-corrected chi connectivity index (χ1v) is 10.6. The third kappa shape index (κ3) is 4.99. The zero-order valence-corrected chi connectivity index (χ0v) is 17.2. The van der Waals surface area contributed by atoms with Gasteiger partial charge in [0.15, 0.2) is 0 Å². The maximum Gasteiger partial charge on any atom is 0.224 e. The number of hydrogen-bond donors (Lipinski definition) is 3. The summed E-state index contributed by atoms with van der Waals surface area (Å²) >= 11 is 14.1. The van der Waals surface area contributed by atoms with Crippen LogP contribution in [0, 0.1) is 0 Å². The van der Waals surface area contributed by atoms with E-state index in [0.717, 1.165) is 13.1 Å². The van der Waals surface area contributed by atoms with Crippen molar-refractivity contribution in [1.29, 1.82) is 0 Å². The van der Waals surface area contributed by atoms with Crippen LogP contribution in [0.25, 0.3) is 0 Å². The van der Waals surface area contributed by atoms with Gasteiger partial charge in [-0.3, -0.25) is 4.79 Å². The van der Waals surface area contributed by atoms with Gasteiger partial charge in [-0.05, 0) is 29.1 Å². The standard InChI is InChI=1S/C19H23Cl2N3OS/c1-23-7-9-24(10-8-23)17(18-6-3-11-26-18)13-22-19(25)12-14-15(20)4-2-5-16(14)21/h2-6,11,17H,7-10,12-13H2,1H3,(H,22,25)/p+2/t17-/m1/s1. The maximum absolute atomic E-state index is 12.5. The molecule has 7 heteroatoms. The minimum Gasteiger partial charge on any atom is -0.349 e. The highest BCUT2D eigenvalue weighted by Gasteiger charge is 2.30. The molecule has 1 amide bonds. The molecular weight excluding hydrogens is 389 g/mol. The zero-order chi connectivity index (χ0) is 18.5. The molecule has 0 bridgehead atoms. The van der Waals surface area contributed by atoms with E-state index in [0.29, 0.717) is 28.2 Å². The second-order valence-corrected chi connectivity index (χ2v) is 8.66. The summed E-state index contributed by atoms with van der Waals surface area (Å²) in [6.45, 7) is 5.22. The fourth-order valence-electron chi connectivity index (χ4n) is 3.42. The van der Waals surface area contributed by atoms with Gasteiger partial charge in [-0.2, -0.15) is 0 Å². The molecule has 3 N–H and O–H groups in total. The van der Waals surface area contributed by atoms with E-state index >= 15 is 0 Å². The predicted octanol–water partition coefficient (Wildman–Crippen LogP) is 0.868. The van der Waals surface area contributed by atoms with Crippen molar-refractivity contribution in [3.63, 3.8) is 0 Å². The van der Waals surface area contributed by atoms with Crippen LogP contribution in [0.4, 0.5) is 0 Å². The Balaban J connectivity index is 1.63. The van der Waals surface area contributed by atoms with Gasteiger partial charge >= 0.3 is 0 Å². The average molecular weight is 414 g/mol. The summed E-state index contributed by atoms with van der Waals surface area (Å²) < 4.78 is 0. The lowest BCUT2D eigenvalue weighted by Gasteiger charge is -2.33. The van der Waals surface area contributed by atoms with Crippen molar-refractivity contribution in [2.24, 2.45) is 0 Å². The number of rotatable bonds is 6. The Bertz CT molecular complexity index is 710. The minimum absolute atomic E-state index is 0.0410. The third-order valence-electron chi connectivity index (χ3n) is 5.03. The van der Waals surface area contributed by atoms with Gasteiger partial charge in [0.05, 0.1) is 24.9 Å². The highest BCUT2D eigenvalue weighted by atomic mass is 35.5. The Kier molecular flexibility index (Phi) is 6.95. The number of piperazine rings is 1. The Morgan fingerprint density at radius 1 is 1.15 bits per heavy atom. The summed E-state index contributed by atoms with van der Waals surface area (Å²) in [6, 6.07) is 9.87. The topological polar surface area (TPSA) is 38.0 Å². The van der Waals surface area contributed by atoms with Crippen LogP contribution in [0.2, 0.25) is 10.0 Å². The van der Waals surface area contributed by atoms with Crippen LogP contribution in [-0.4, -0.2) is 45.7 Å². The molecule has 1 aliphatic heterocycles. The third-order valence-corrected chi connectivity index (χ3v) is 6.72. The van der Waals surface area contributed by atoms with Crippen molar-refractivity contribution in [2.75, 3.05) is 39.8 Å². The molecule has 1 aromatic heterocycles. The van der Waals surface area contributed by atoms with Crippen molar-refractivity contribution in [1.82, 2.24) is 5.32 Å². The van der Waals surface area contributed by atoms with Crippen LogP contribution < -0.4 is 15.1 Å². The van der Waals surface area contributed by atoms with Crippen LogP contribution in [0.15, 0.2) is 35.7 Å². The van der Waals surface area contributed by atoms with Crippen LogP contribution >= 0.6 is 34.5 Å². The summed E-state index contributed by atoms with van der Waals surface area (Å²) in [7, 11) is 2.24. The molecule has 0 unspecified atom stereocenters. The van der Waals surface area contributed by atoms with Crippen molar-refractivity contribution in [3.8, 4) is 0 Å². The number of nitrogens with one attached hydrogen (secondary N) is 3. The first-order valence-electron chi connectivity index (χ1n) is 8.93. The summed E-state index contributed by atoms with van der Waals surface area (Å²) in [6.07, 6.45) is 0.206. The van der Waals surface area contributed by atoms with Crippen LogP contribution in [-0.2, 0) is 11.2 Å². The molecule has 1 saturated heterocycles. The van der Waals surface area contributed by atoms with Gasteiger partial charge in [-0.15, -0.1) is 11.3 Å². The summed E-state index contributed by atoms with van der Waals surface area (Å²) in [5.74, 6) is -0.0410. The molecule has 2 aromatic rings. The minimum atomic E-state index is -0.0410. The van der Waals surface area contributed by atoms with Crippen LogP contribution in [0.5, 0.6) is 0 Å². The molecule has 1 aliphatic rings. The van der Waals surface area contributed by atoms with E-state index in [1.165, 1.54) is 18.0 Å². The fraction of sp³-hybridized carbons (Fsp3) is 0.421. The van der Waals surface area contributed by atoms with E-state index in [-0.39, 0.29) is 12.3 Å². The Morgan fingerprint density at radius 2 is 1.85 bits per heavy atom. The SMILES string of the molecule is C[NH+]1CC[NH+]([C@H](CNC(=O)Cc2c(Cl)cccc2Cl)c2cccs2)CC1. The normalized spacial score (nSPS) is 21.3. The van der Waals surface area contributed by atoms with E-state index in [2.05, 4.69) is 29.9 Å². The predicted molar refractivity (Wildman–Crippen MR) is 108 cm³/mol. The first kappa shape index (κ1) is 19.6. The van der Waals surface area contributed by atoms with E-state index in [1.54, 1.807) is 39.3 Å². The van der Waals surface area contributed by atoms with Gasteiger partial charge in [0, 0.05) is 10.0 Å². The van der Waals surface area contributed by atoms with Crippen molar-refractivity contribution in [3.05, 3.63) is 56.2 Å². The molecule has 0 radical (unpaired) electrons. The van der Waals surface area contributed by atoms with E-state index in [1.807, 2.05) is 0 Å². The number of likely N-dealkylation sites (N-methyl/N-ethyl adjacent to an activating group) is 1. The number of carbonyl (C=O) groups excluding carboxylic acids is 1. The largest absolute Gasteiger partial charge is 0.349 e. The molecule has 140 valence electrons. The van der Waals surface area contributed by atoms with Crippen molar-refractivity contribution < 1.29 is 14.6 Å². The molecule has 0 saturated carbocycles. The van der Waals surface area contributed by atoms with E-state index in [9.17, 15) is 4.79 Å². The Labute approximate surface area is 168 Å². The van der Waals surface area contributed by atoms with Gasteiger partial charge in [0.1, 0.15) is 32.2 Å². The number of halogens is 2. The second kappa shape index (κ2) is 9.20. The molecule has 4 nitrogen and oxygen atoms in total. The molecule has 1 fully saturated rings. The van der Waals surface area contributed by atoms with E-state index in [4.69, 9.17) is 23.2 Å². The maximum atomic E-state index is 12.5. The van der Waals surface area contributed by atoms with Crippen molar-refractivity contribution >= 4 is 40.4 Å². The zero-order valence-electron chi connectivity index (χ0n) is 14.9. The monoisotopic (exact) mass is 413 g/mol. The highest BCUT2D eigenvalue weighted by Crippen LogP contribution is 2.24. The van der Waals surface area contributed by atoms with Gasteiger partial charge in [0.2, 0.25) is 5.91 Å². The first-order chi connectivity index (χ1) is 12.5. The quantitative estimate of drug-likeness (QED) is 0.645. The lowest BCUT2D eigenvalue weighted by molar-refractivity contribution is -1.02. The van der Waals surface area contributed by atoms with Gasteiger partial charge in [-0.1, -0.05) is 35.3 Å². The second-order valence-electron chi connectivity index (χ2n) is 6.86. The average Bonchev–Trinajstić information content (AvgIpc) is 3.14.